The standard InChI is InChI=1S/C12H14Cl2N2O4/c1-19-4-3-16(7-10(17)20-2)12(18)8-5-9(13)11(14)15-6-8/h5-6H,3-4,7H2,1-2H3. The molecule has 0 bridgehead atoms. The predicted molar refractivity (Wildman–Crippen MR) is 74.1 cm³/mol. The van der Waals surface area contributed by atoms with E-state index in [4.69, 9.17) is 27.9 Å². The third kappa shape index (κ3) is 4.63. The molecule has 6 nitrogen and oxygen atoms in total. The Labute approximate surface area is 126 Å². The van der Waals surface area contributed by atoms with Crippen molar-refractivity contribution in [2.24, 2.45) is 0 Å². The van der Waals surface area contributed by atoms with Gasteiger partial charge in [-0.15, -0.1) is 0 Å². The summed E-state index contributed by atoms with van der Waals surface area (Å²) in [5.74, 6) is -0.930. The third-order valence-corrected chi connectivity index (χ3v) is 3.13. The van der Waals surface area contributed by atoms with Crippen LogP contribution >= 0.6 is 23.2 Å². The van der Waals surface area contributed by atoms with E-state index in [9.17, 15) is 9.59 Å². The molecule has 0 saturated heterocycles. The lowest BCUT2D eigenvalue weighted by Crippen LogP contribution is -2.38. The van der Waals surface area contributed by atoms with Crippen LogP contribution in [0.3, 0.4) is 0 Å². The average molecular weight is 321 g/mol. The number of carbonyl (C=O) groups excluding carboxylic acids is 2. The fraction of sp³-hybridized carbons (Fsp3) is 0.417. The van der Waals surface area contributed by atoms with E-state index in [-0.39, 0.29) is 35.4 Å². The van der Waals surface area contributed by atoms with Crippen molar-refractivity contribution in [2.75, 3.05) is 33.9 Å². The molecule has 1 heterocycles. The SMILES string of the molecule is COCCN(CC(=O)OC)C(=O)c1cnc(Cl)c(Cl)c1. The predicted octanol–water partition coefficient (Wildman–Crippen LogP) is 1.65. The van der Waals surface area contributed by atoms with Crippen molar-refractivity contribution >= 4 is 35.1 Å². The Kier molecular flexibility index (Phi) is 6.70. The van der Waals surface area contributed by atoms with E-state index < -0.39 is 11.9 Å². The van der Waals surface area contributed by atoms with Gasteiger partial charge in [-0.3, -0.25) is 9.59 Å². The summed E-state index contributed by atoms with van der Waals surface area (Å²) in [6.07, 6.45) is 1.30. The molecule has 20 heavy (non-hydrogen) atoms. The second-order valence-electron chi connectivity index (χ2n) is 3.79. The van der Waals surface area contributed by atoms with Crippen molar-refractivity contribution in [3.63, 3.8) is 0 Å². The number of nitrogens with zero attached hydrogens (tertiary/aromatic N) is 2. The lowest BCUT2D eigenvalue weighted by molar-refractivity contribution is -0.141. The number of methoxy groups -OCH3 is 2. The lowest BCUT2D eigenvalue weighted by Gasteiger charge is -2.21. The quantitative estimate of drug-likeness (QED) is 0.589. The number of ether oxygens (including phenoxy) is 2. The van der Waals surface area contributed by atoms with Crippen molar-refractivity contribution in [3.05, 3.63) is 28.0 Å². The van der Waals surface area contributed by atoms with Crippen molar-refractivity contribution in [2.45, 2.75) is 0 Å². The highest BCUT2D eigenvalue weighted by molar-refractivity contribution is 6.41. The molecular weight excluding hydrogens is 307 g/mol. The minimum absolute atomic E-state index is 0.111. The first-order valence-corrected chi connectivity index (χ1v) is 6.41. The molecule has 0 aliphatic rings. The Morgan fingerprint density at radius 2 is 2.05 bits per heavy atom. The molecule has 0 aromatic carbocycles. The zero-order chi connectivity index (χ0) is 15.1. The van der Waals surface area contributed by atoms with Gasteiger partial charge in [-0.1, -0.05) is 23.2 Å². The number of halogens is 2. The zero-order valence-electron chi connectivity index (χ0n) is 11.1. The normalized spacial score (nSPS) is 10.2. The maximum absolute atomic E-state index is 12.3. The van der Waals surface area contributed by atoms with Crippen LogP contribution in [-0.2, 0) is 14.3 Å². The Bertz CT molecular complexity index is 496. The van der Waals surface area contributed by atoms with Gasteiger partial charge in [0.05, 0.1) is 24.3 Å². The minimum atomic E-state index is -0.525. The Morgan fingerprint density at radius 1 is 1.35 bits per heavy atom. The van der Waals surface area contributed by atoms with Gasteiger partial charge in [0.15, 0.2) is 0 Å². The first-order valence-electron chi connectivity index (χ1n) is 5.65. The highest BCUT2D eigenvalue weighted by atomic mass is 35.5. The molecule has 1 aromatic heterocycles. The van der Waals surface area contributed by atoms with Gasteiger partial charge in [0.25, 0.3) is 5.91 Å². The summed E-state index contributed by atoms with van der Waals surface area (Å²) >= 11 is 11.5. The fourth-order valence-corrected chi connectivity index (χ4v) is 1.66. The molecule has 0 N–H and O–H groups in total. The molecule has 8 heteroatoms. The lowest BCUT2D eigenvalue weighted by atomic mass is 10.2. The number of aromatic nitrogens is 1. The highest BCUT2D eigenvalue weighted by Gasteiger charge is 2.20. The number of rotatable bonds is 6. The minimum Gasteiger partial charge on any atom is -0.468 e. The van der Waals surface area contributed by atoms with Crippen LogP contribution in [0.2, 0.25) is 10.2 Å². The molecule has 0 aliphatic carbocycles. The molecule has 0 fully saturated rings. The molecule has 0 spiro atoms. The highest BCUT2D eigenvalue weighted by Crippen LogP contribution is 2.20. The van der Waals surface area contributed by atoms with Crippen LogP contribution in [0.15, 0.2) is 12.3 Å². The molecule has 1 rings (SSSR count). The van der Waals surface area contributed by atoms with Gasteiger partial charge >= 0.3 is 5.97 Å². The monoisotopic (exact) mass is 320 g/mol. The summed E-state index contributed by atoms with van der Waals surface area (Å²) < 4.78 is 9.46. The van der Waals surface area contributed by atoms with E-state index in [2.05, 4.69) is 9.72 Å². The van der Waals surface area contributed by atoms with Gasteiger partial charge in [-0.2, -0.15) is 0 Å². The number of carbonyl (C=O) groups is 2. The van der Waals surface area contributed by atoms with E-state index in [1.165, 1.54) is 31.4 Å². The second kappa shape index (κ2) is 8.04. The summed E-state index contributed by atoms with van der Waals surface area (Å²) in [4.78, 5) is 28.7. The molecule has 0 atom stereocenters. The second-order valence-corrected chi connectivity index (χ2v) is 4.56. The Hall–Kier alpha value is -1.37. The van der Waals surface area contributed by atoms with Crippen LogP contribution in [0.25, 0.3) is 0 Å². The molecule has 0 unspecified atom stereocenters. The van der Waals surface area contributed by atoms with E-state index in [0.717, 1.165) is 0 Å². The fourth-order valence-electron chi connectivity index (χ4n) is 1.40. The maximum Gasteiger partial charge on any atom is 0.325 e. The van der Waals surface area contributed by atoms with Crippen LogP contribution in [0.5, 0.6) is 0 Å². The number of hydrogen-bond donors (Lipinski definition) is 0. The summed E-state index contributed by atoms with van der Waals surface area (Å²) in [5, 5.41) is 0.280. The summed E-state index contributed by atoms with van der Waals surface area (Å²) in [6, 6.07) is 1.40. The molecule has 0 radical (unpaired) electrons. The van der Waals surface area contributed by atoms with Crippen molar-refractivity contribution < 1.29 is 19.1 Å². The molecular formula is C12H14Cl2N2O4. The van der Waals surface area contributed by atoms with Gasteiger partial charge in [-0.05, 0) is 6.07 Å². The van der Waals surface area contributed by atoms with Crippen LogP contribution in [0, 0.1) is 0 Å². The summed E-state index contributed by atoms with van der Waals surface area (Å²) in [6.45, 7) is 0.348. The van der Waals surface area contributed by atoms with Crippen molar-refractivity contribution in [1.82, 2.24) is 9.88 Å². The number of esters is 1. The number of amides is 1. The van der Waals surface area contributed by atoms with Gasteiger partial charge < -0.3 is 14.4 Å². The molecule has 0 aliphatic heterocycles. The molecule has 1 aromatic rings. The van der Waals surface area contributed by atoms with Crippen molar-refractivity contribution in [1.29, 1.82) is 0 Å². The van der Waals surface area contributed by atoms with Crippen LogP contribution in [0.4, 0.5) is 0 Å². The van der Waals surface area contributed by atoms with Crippen LogP contribution in [0.1, 0.15) is 10.4 Å². The van der Waals surface area contributed by atoms with Gasteiger partial charge in [0.1, 0.15) is 11.7 Å². The summed E-state index contributed by atoms with van der Waals surface area (Å²) in [5.41, 5.74) is 0.236. The van der Waals surface area contributed by atoms with E-state index in [1.54, 1.807) is 0 Å². The first-order chi connectivity index (χ1) is 9.49. The largest absolute Gasteiger partial charge is 0.468 e. The smallest absolute Gasteiger partial charge is 0.325 e. The summed E-state index contributed by atoms with van der Waals surface area (Å²) in [7, 11) is 2.75. The van der Waals surface area contributed by atoms with Crippen LogP contribution < -0.4 is 0 Å². The van der Waals surface area contributed by atoms with Gasteiger partial charge in [0.2, 0.25) is 0 Å². The average Bonchev–Trinajstić information content (AvgIpc) is 2.45. The molecule has 0 saturated carbocycles. The topological polar surface area (TPSA) is 68.7 Å². The van der Waals surface area contributed by atoms with E-state index in [0.29, 0.717) is 0 Å². The Balaban J connectivity index is 2.90. The third-order valence-electron chi connectivity index (χ3n) is 2.44. The van der Waals surface area contributed by atoms with E-state index >= 15 is 0 Å². The number of pyridine rings is 1. The van der Waals surface area contributed by atoms with Crippen LogP contribution in [-0.4, -0.2) is 55.7 Å². The Morgan fingerprint density at radius 3 is 2.60 bits per heavy atom. The van der Waals surface area contributed by atoms with Gasteiger partial charge in [-0.25, -0.2) is 4.98 Å². The molecule has 110 valence electrons. The zero-order valence-corrected chi connectivity index (χ0v) is 12.6. The van der Waals surface area contributed by atoms with Gasteiger partial charge in [0, 0.05) is 19.9 Å². The maximum atomic E-state index is 12.3. The number of hydrogen-bond acceptors (Lipinski definition) is 5. The first kappa shape index (κ1) is 16.7. The molecule has 1 amide bonds. The van der Waals surface area contributed by atoms with E-state index in [1.807, 2.05) is 0 Å². The van der Waals surface area contributed by atoms with Crippen molar-refractivity contribution in [3.8, 4) is 0 Å².